The lowest BCUT2D eigenvalue weighted by molar-refractivity contribution is -0.0588. The molecule has 2 atom stereocenters. The lowest BCUT2D eigenvalue weighted by atomic mass is 9.81. The highest BCUT2D eigenvalue weighted by Gasteiger charge is 2.43. The van der Waals surface area contributed by atoms with Crippen molar-refractivity contribution in [3.05, 3.63) is 58.1 Å². The van der Waals surface area contributed by atoms with Crippen LogP contribution < -0.4 is 9.47 Å². The number of hydrogen-bond donors (Lipinski definition) is 2. The molecule has 0 bridgehead atoms. The summed E-state index contributed by atoms with van der Waals surface area (Å²) >= 11 is 3.42. The van der Waals surface area contributed by atoms with Crippen molar-refractivity contribution in [2.75, 3.05) is 26.7 Å². The third kappa shape index (κ3) is 4.06. The lowest BCUT2D eigenvalue weighted by Gasteiger charge is -2.46. The number of piperidine rings is 1. The molecule has 0 radical (unpaired) electrons. The molecule has 2 aromatic carbocycles. The third-order valence-electron chi connectivity index (χ3n) is 5.92. The number of aliphatic hydroxyl groups excluding tert-OH is 2. The average molecular weight is 448 g/mol. The van der Waals surface area contributed by atoms with Crippen LogP contribution in [0.3, 0.4) is 0 Å². The predicted molar refractivity (Wildman–Crippen MR) is 111 cm³/mol. The maximum atomic E-state index is 10.7. The number of β-amino-alcohol motifs (C(OH)–C–C–N with tert-alkyl or cyclic N) is 1. The second-order valence-corrected chi connectivity index (χ2v) is 8.69. The van der Waals surface area contributed by atoms with E-state index in [0.717, 1.165) is 53.0 Å². The number of halogens is 1. The zero-order valence-corrected chi connectivity index (χ0v) is 17.6. The maximum Gasteiger partial charge on any atom is 0.126 e. The number of hydrogen-bond acceptors (Lipinski definition) is 5. The van der Waals surface area contributed by atoms with Gasteiger partial charge in [-0.2, -0.15) is 0 Å². The van der Waals surface area contributed by atoms with Crippen LogP contribution in [0.2, 0.25) is 0 Å². The molecule has 2 aliphatic rings. The molecule has 1 saturated heterocycles. The number of ether oxygens (including phenoxy) is 2. The molecule has 0 saturated carbocycles. The molecular formula is C22H26BrNO4. The van der Waals surface area contributed by atoms with Crippen LogP contribution in [0.4, 0.5) is 0 Å². The van der Waals surface area contributed by atoms with E-state index in [1.54, 1.807) is 7.11 Å². The van der Waals surface area contributed by atoms with Gasteiger partial charge in [0.15, 0.2) is 0 Å². The van der Waals surface area contributed by atoms with Crippen LogP contribution in [0.25, 0.3) is 0 Å². The summed E-state index contributed by atoms with van der Waals surface area (Å²) in [6.07, 6.45) is 1.22. The van der Waals surface area contributed by atoms with E-state index in [-0.39, 0.29) is 5.60 Å². The van der Waals surface area contributed by atoms with Crippen molar-refractivity contribution in [2.24, 2.45) is 0 Å². The van der Waals surface area contributed by atoms with E-state index >= 15 is 0 Å². The van der Waals surface area contributed by atoms with E-state index in [1.165, 1.54) is 0 Å². The fourth-order valence-electron chi connectivity index (χ4n) is 4.23. The highest BCUT2D eigenvalue weighted by atomic mass is 79.9. The summed E-state index contributed by atoms with van der Waals surface area (Å²) in [7, 11) is 1.62. The highest BCUT2D eigenvalue weighted by Crippen LogP contribution is 2.45. The van der Waals surface area contributed by atoms with Crippen molar-refractivity contribution in [1.29, 1.82) is 0 Å². The van der Waals surface area contributed by atoms with Gasteiger partial charge in [-0.3, -0.25) is 0 Å². The summed E-state index contributed by atoms with van der Waals surface area (Å²) in [5.41, 5.74) is 1.40. The van der Waals surface area contributed by atoms with Crippen molar-refractivity contribution in [1.82, 2.24) is 4.90 Å². The third-order valence-corrected chi connectivity index (χ3v) is 6.45. The average Bonchev–Trinajstić information content (AvgIpc) is 2.70. The monoisotopic (exact) mass is 447 g/mol. The molecule has 2 aromatic rings. The standard InChI is InChI=1S/C22H26BrNO4/c1-27-17-6-7-21-18(12-17)19(25)13-22(28-21)8-10-24(11-9-22)14-20(26)15-2-4-16(23)5-3-15/h2-7,12,19-20,25-26H,8-11,13-14H2,1H3/t19-,20+/m0/s1. The Hall–Kier alpha value is -1.60. The molecule has 1 fully saturated rings. The largest absolute Gasteiger partial charge is 0.497 e. The minimum atomic E-state index is -0.543. The molecule has 0 aromatic heterocycles. The zero-order chi connectivity index (χ0) is 19.7. The van der Waals surface area contributed by atoms with Gasteiger partial charge < -0.3 is 24.6 Å². The Morgan fingerprint density at radius 1 is 1.21 bits per heavy atom. The van der Waals surface area contributed by atoms with Gasteiger partial charge in [0, 0.05) is 36.1 Å². The molecule has 2 aliphatic heterocycles. The Labute approximate surface area is 174 Å². The number of rotatable bonds is 4. The summed E-state index contributed by atoms with van der Waals surface area (Å²) in [6.45, 7) is 2.28. The number of methoxy groups -OCH3 is 1. The summed E-state index contributed by atoms with van der Waals surface area (Å²) < 4.78 is 12.6. The summed E-state index contributed by atoms with van der Waals surface area (Å²) in [5, 5.41) is 21.2. The van der Waals surface area contributed by atoms with Gasteiger partial charge >= 0.3 is 0 Å². The lowest BCUT2D eigenvalue weighted by Crippen LogP contribution is -2.51. The van der Waals surface area contributed by atoms with Gasteiger partial charge in [-0.05, 0) is 48.7 Å². The topological polar surface area (TPSA) is 62.2 Å². The fraction of sp³-hybridized carbons (Fsp3) is 0.455. The maximum absolute atomic E-state index is 10.7. The van der Waals surface area contributed by atoms with Crippen LogP contribution in [-0.2, 0) is 0 Å². The molecule has 1 spiro atoms. The van der Waals surface area contributed by atoms with Crippen molar-refractivity contribution >= 4 is 15.9 Å². The predicted octanol–water partition coefficient (Wildman–Crippen LogP) is 3.84. The summed E-state index contributed by atoms with van der Waals surface area (Å²) in [6, 6.07) is 13.4. The van der Waals surface area contributed by atoms with Crippen LogP contribution >= 0.6 is 15.9 Å². The molecule has 0 amide bonds. The fourth-order valence-corrected chi connectivity index (χ4v) is 4.49. The number of aliphatic hydroxyl groups is 2. The van der Waals surface area contributed by atoms with Gasteiger partial charge in [-0.15, -0.1) is 0 Å². The SMILES string of the molecule is COc1ccc2c(c1)[C@@H](O)CC1(CCN(C[C@@H](O)c3ccc(Br)cc3)CC1)O2. The van der Waals surface area contributed by atoms with Crippen LogP contribution in [0.1, 0.15) is 42.6 Å². The van der Waals surface area contributed by atoms with E-state index in [2.05, 4.69) is 20.8 Å². The van der Waals surface area contributed by atoms with E-state index in [0.29, 0.717) is 13.0 Å². The molecule has 2 N–H and O–H groups in total. The Morgan fingerprint density at radius 3 is 2.61 bits per heavy atom. The molecule has 150 valence electrons. The quantitative estimate of drug-likeness (QED) is 0.745. The van der Waals surface area contributed by atoms with E-state index in [1.807, 2.05) is 42.5 Å². The van der Waals surface area contributed by atoms with Crippen LogP contribution in [0.15, 0.2) is 46.9 Å². The second kappa shape index (κ2) is 8.03. The van der Waals surface area contributed by atoms with Crippen LogP contribution in [0, 0.1) is 0 Å². The summed E-state index contributed by atoms with van der Waals surface area (Å²) in [5.74, 6) is 1.48. The van der Waals surface area contributed by atoms with Crippen molar-refractivity contribution < 1.29 is 19.7 Å². The molecular weight excluding hydrogens is 422 g/mol. The smallest absolute Gasteiger partial charge is 0.126 e. The number of benzene rings is 2. The normalized spacial score (nSPS) is 22.4. The van der Waals surface area contributed by atoms with Gasteiger partial charge in [0.05, 0.1) is 19.3 Å². The molecule has 6 heteroatoms. The molecule has 2 heterocycles. The Kier molecular flexibility index (Phi) is 5.65. The van der Waals surface area contributed by atoms with E-state index in [9.17, 15) is 10.2 Å². The van der Waals surface area contributed by atoms with Crippen molar-refractivity contribution in [3.63, 3.8) is 0 Å². The first-order chi connectivity index (χ1) is 13.5. The Morgan fingerprint density at radius 2 is 1.93 bits per heavy atom. The van der Waals surface area contributed by atoms with Gasteiger partial charge in [0.1, 0.15) is 17.1 Å². The first kappa shape index (κ1) is 19.7. The van der Waals surface area contributed by atoms with Gasteiger partial charge in [-0.1, -0.05) is 28.1 Å². The second-order valence-electron chi connectivity index (χ2n) is 7.78. The molecule has 28 heavy (non-hydrogen) atoms. The molecule has 5 nitrogen and oxygen atoms in total. The van der Waals surface area contributed by atoms with E-state index in [4.69, 9.17) is 9.47 Å². The minimum absolute atomic E-state index is 0.333. The Balaban J connectivity index is 1.39. The number of fused-ring (bicyclic) bond motifs is 1. The minimum Gasteiger partial charge on any atom is -0.497 e. The molecule has 0 unspecified atom stereocenters. The summed E-state index contributed by atoms with van der Waals surface area (Å²) in [4.78, 5) is 2.28. The molecule has 4 rings (SSSR count). The van der Waals surface area contributed by atoms with Crippen LogP contribution in [0.5, 0.6) is 11.5 Å². The van der Waals surface area contributed by atoms with Crippen LogP contribution in [-0.4, -0.2) is 47.5 Å². The van der Waals surface area contributed by atoms with E-state index < -0.39 is 12.2 Å². The van der Waals surface area contributed by atoms with Crippen molar-refractivity contribution in [2.45, 2.75) is 37.1 Å². The van der Waals surface area contributed by atoms with Gasteiger partial charge in [0.2, 0.25) is 0 Å². The highest BCUT2D eigenvalue weighted by molar-refractivity contribution is 9.10. The van der Waals surface area contributed by atoms with Gasteiger partial charge in [-0.25, -0.2) is 0 Å². The Bertz CT molecular complexity index is 818. The number of likely N-dealkylation sites (tertiary alicyclic amines) is 1. The van der Waals surface area contributed by atoms with Gasteiger partial charge in [0.25, 0.3) is 0 Å². The number of nitrogens with zero attached hydrogens (tertiary/aromatic N) is 1. The van der Waals surface area contributed by atoms with Crippen molar-refractivity contribution in [3.8, 4) is 11.5 Å². The zero-order valence-electron chi connectivity index (χ0n) is 16.0. The molecule has 0 aliphatic carbocycles. The first-order valence-corrected chi connectivity index (χ1v) is 10.5. The first-order valence-electron chi connectivity index (χ1n) is 9.69.